The summed E-state index contributed by atoms with van der Waals surface area (Å²) in [6.07, 6.45) is 0. The van der Waals surface area contributed by atoms with Gasteiger partial charge in [0.25, 0.3) is 5.78 Å². The van der Waals surface area contributed by atoms with Crippen LogP contribution >= 0.6 is 23.1 Å². The lowest BCUT2D eigenvalue weighted by Crippen LogP contribution is -2.29. The molecule has 0 bridgehead atoms. The van der Waals surface area contributed by atoms with E-state index in [4.69, 9.17) is 14.2 Å². The molecule has 4 aromatic carbocycles. The maximum absolute atomic E-state index is 14.6. The van der Waals surface area contributed by atoms with Gasteiger partial charge in [0.2, 0.25) is 5.13 Å². The van der Waals surface area contributed by atoms with Crippen LogP contribution in [0.4, 0.5) is 9.52 Å². The Morgan fingerprint density at radius 3 is 2.40 bits per heavy atom. The minimum absolute atomic E-state index is 0.000345. The predicted octanol–water partition coefficient (Wildman–Crippen LogP) is 6.77. The number of aliphatic hydroxyl groups excluding tert-OH is 1. The van der Waals surface area contributed by atoms with Crippen LogP contribution in [0, 0.1) is 5.82 Å². The number of nitrogens with zero attached hydrogens (tertiary/aromatic N) is 3. The lowest BCUT2D eigenvalue weighted by atomic mass is 9.95. The number of ketones is 1. The number of thioether (sulfide) groups is 1. The molecule has 2 heterocycles. The van der Waals surface area contributed by atoms with E-state index in [2.05, 4.69) is 34.5 Å². The number of anilines is 1. The third-order valence-corrected chi connectivity index (χ3v) is 9.53. The maximum Gasteiger partial charge on any atom is 0.301 e. The van der Waals surface area contributed by atoms with E-state index in [1.807, 2.05) is 18.2 Å². The third kappa shape index (κ3) is 5.58. The van der Waals surface area contributed by atoms with Gasteiger partial charge >= 0.3 is 5.91 Å². The second-order valence-electron chi connectivity index (χ2n) is 9.91. The zero-order valence-electron chi connectivity index (χ0n) is 24.3. The molecule has 228 valence electrons. The maximum atomic E-state index is 14.6. The van der Waals surface area contributed by atoms with Crippen LogP contribution in [0.15, 0.2) is 88.8 Å². The number of Topliss-reactive ketones (excluding diaryl/α,β-unsaturated/α-hetero) is 1. The Bertz CT molecular complexity index is 1970. The van der Waals surface area contributed by atoms with Gasteiger partial charge in [-0.05, 0) is 52.2 Å². The monoisotopic (exact) mass is 643 g/mol. The van der Waals surface area contributed by atoms with E-state index >= 15 is 0 Å². The summed E-state index contributed by atoms with van der Waals surface area (Å²) in [7, 11) is 4.26. The first-order valence-corrected chi connectivity index (χ1v) is 15.4. The van der Waals surface area contributed by atoms with Crippen LogP contribution in [0.2, 0.25) is 0 Å². The molecule has 1 atom stereocenters. The van der Waals surface area contributed by atoms with Crippen molar-refractivity contribution >= 4 is 56.5 Å². The summed E-state index contributed by atoms with van der Waals surface area (Å²) in [5, 5.41) is 22.4. The normalized spacial score (nSPS) is 15.9. The topological polar surface area (TPSA) is 111 Å². The SMILES string of the molecule is COc1ccc(/C(O)=C2\C(=O)C(=O)N(c3nnc(SCc4cccc5ccccc45)s3)C2c2ccc(OC)c(OC)c2)cc1F. The Hall–Kier alpha value is -4.94. The fourth-order valence-corrected chi connectivity index (χ4v) is 7.12. The zero-order valence-corrected chi connectivity index (χ0v) is 25.9. The summed E-state index contributed by atoms with van der Waals surface area (Å²) < 4.78 is 31.0. The minimum Gasteiger partial charge on any atom is -0.507 e. The molecule has 0 aliphatic carbocycles. The fourth-order valence-electron chi connectivity index (χ4n) is 5.25. The lowest BCUT2D eigenvalue weighted by Gasteiger charge is -2.23. The Balaban J connectivity index is 1.41. The molecular formula is C33H26FN3O6S2. The van der Waals surface area contributed by atoms with Gasteiger partial charge in [-0.25, -0.2) is 4.39 Å². The summed E-state index contributed by atoms with van der Waals surface area (Å²) in [6, 6.07) is 21.8. The van der Waals surface area contributed by atoms with Crippen LogP contribution in [-0.2, 0) is 15.3 Å². The van der Waals surface area contributed by atoms with E-state index in [-0.39, 0.29) is 22.0 Å². The Labute approximate surface area is 265 Å². The van der Waals surface area contributed by atoms with Gasteiger partial charge in [-0.2, -0.15) is 0 Å². The number of hydrogen-bond acceptors (Lipinski definition) is 10. The smallest absolute Gasteiger partial charge is 0.301 e. The second kappa shape index (κ2) is 12.6. The van der Waals surface area contributed by atoms with Crippen molar-refractivity contribution in [3.63, 3.8) is 0 Å². The number of ether oxygens (including phenoxy) is 3. The summed E-state index contributed by atoms with van der Waals surface area (Å²) >= 11 is 2.61. The van der Waals surface area contributed by atoms with Crippen LogP contribution in [0.3, 0.4) is 0 Å². The van der Waals surface area contributed by atoms with Crippen LogP contribution in [0.1, 0.15) is 22.7 Å². The van der Waals surface area contributed by atoms with E-state index in [0.717, 1.165) is 33.7 Å². The largest absolute Gasteiger partial charge is 0.507 e. The fraction of sp³-hybridized carbons (Fsp3) is 0.152. The number of aromatic nitrogens is 2. The summed E-state index contributed by atoms with van der Waals surface area (Å²) in [5.74, 6) is -1.81. The molecule has 0 spiro atoms. The molecule has 12 heteroatoms. The average molecular weight is 644 g/mol. The van der Waals surface area contributed by atoms with E-state index in [0.29, 0.717) is 27.2 Å². The molecule has 0 saturated carbocycles. The number of hydrogen-bond donors (Lipinski definition) is 1. The molecule has 45 heavy (non-hydrogen) atoms. The molecule has 1 aliphatic heterocycles. The van der Waals surface area contributed by atoms with Crippen molar-refractivity contribution in [1.29, 1.82) is 0 Å². The molecule has 5 aromatic rings. The summed E-state index contributed by atoms with van der Waals surface area (Å²) in [4.78, 5) is 28.4. The number of amides is 1. The molecule has 0 radical (unpaired) electrons. The number of carbonyl (C=O) groups is 2. The van der Waals surface area contributed by atoms with Gasteiger partial charge < -0.3 is 19.3 Å². The first-order chi connectivity index (χ1) is 21.8. The Morgan fingerprint density at radius 1 is 0.911 bits per heavy atom. The van der Waals surface area contributed by atoms with E-state index < -0.39 is 29.3 Å². The number of halogens is 1. The van der Waals surface area contributed by atoms with Crippen molar-refractivity contribution in [1.82, 2.24) is 10.2 Å². The highest BCUT2D eigenvalue weighted by molar-refractivity contribution is 8.00. The molecule has 1 amide bonds. The average Bonchev–Trinajstić information content (AvgIpc) is 3.64. The minimum atomic E-state index is -1.13. The van der Waals surface area contributed by atoms with Crippen molar-refractivity contribution < 1.29 is 33.3 Å². The summed E-state index contributed by atoms with van der Waals surface area (Å²) in [5.41, 5.74) is 1.31. The van der Waals surface area contributed by atoms with Gasteiger partial charge in [0, 0.05) is 11.3 Å². The van der Waals surface area contributed by atoms with Crippen molar-refractivity contribution in [3.8, 4) is 17.2 Å². The summed E-state index contributed by atoms with van der Waals surface area (Å²) in [6.45, 7) is 0. The van der Waals surface area contributed by atoms with Crippen LogP contribution in [0.5, 0.6) is 17.2 Å². The molecule has 1 fully saturated rings. The van der Waals surface area contributed by atoms with Gasteiger partial charge in [-0.15, -0.1) is 10.2 Å². The number of carbonyl (C=O) groups excluding carboxylic acids is 2. The molecule has 1 N–H and O–H groups in total. The lowest BCUT2D eigenvalue weighted by molar-refractivity contribution is -0.132. The highest BCUT2D eigenvalue weighted by Crippen LogP contribution is 2.46. The van der Waals surface area contributed by atoms with Crippen molar-refractivity contribution in [2.24, 2.45) is 0 Å². The van der Waals surface area contributed by atoms with Gasteiger partial charge in [-0.1, -0.05) is 71.6 Å². The quantitative estimate of drug-likeness (QED) is 0.0611. The van der Waals surface area contributed by atoms with Gasteiger partial charge in [0.15, 0.2) is 27.4 Å². The van der Waals surface area contributed by atoms with Crippen molar-refractivity contribution in [3.05, 3.63) is 107 Å². The van der Waals surface area contributed by atoms with Crippen LogP contribution in [-0.4, -0.2) is 48.3 Å². The zero-order chi connectivity index (χ0) is 31.7. The Morgan fingerprint density at radius 2 is 1.64 bits per heavy atom. The number of methoxy groups -OCH3 is 3. The molecule has 1 aliphatic rings. The Kier molecular flexibility index (Phi) is 8.42. The number of rotatable bonds is 9. The van der Waals surface area contributed by atoms with E-state index in [1.165, 1.54) is 50.1 Å². The molecular weight excluding hydrogens is 618 g/mol. The van der Waals surface area contributed by atoms with Crippen LogP contribution in [0.25, 0.3) is 16.5 Å². The van der Waals surface area contributed by atoms with Crippen LogP contribution < -0.4 is 19.1 Å². The number of fused-ring (bicyclic) bond motifs is 1. The number of benzene rings is 4. The highest BCUT2D eigenvalue weighted by atomic mass is 32.2. The molecule has 1 aromatic heterocycles. The first-order valence-electron chi connectivity index (χ1n) is 13.6. The highest BCUT2D eigenvalue weighted by Gasteiger charge is 2.48. The standard InChI is InChI=1S/C33H26FN3O6S2/c1-41-24-13-12-20(15-23(24)34)29(38)27-28(19-11-14-25(42-2)26(16-19)43-3)37(31(40)30(27)39)32-35-36-33(45-32)44-17-21-9-6-8-18-7-4-5-10-22(18)21/h4-16,28,38H,17H2,1-3H3/b29-27+. The second-order valence-corrected chi connectivity index (χ2v) is 12.1. The molecule has 6 rings (SSSR count). The van der Waals surface area contributed by atoms with Crippen molar-refractivity contribution in [2.45, 2.75) is 16.1 Å². The molecule has 1 unspecified atom stereocenters. The van der Waals surface area contributed by atoms with Crippen molar-refractivity contribution in [2.75, 3.05) is 26.2 Å². The van der Waals surface area contributed by atoms with E-state index in [9.17, 15) is 19.1 Å². The molecule has 9 nitrogen and oxygen atoms in total. The van der Waals surface area contributed by atoms with E-state index in [1.54, 1.807) is 18.2 Å². The van der Waals surface area contributed by atoms with Gasteiger partial charge in [0.1, 0.15) is 5.76 Å². The van der Waals surface area contributed by atoms with Gasteiger partial charge in [0.05, 0.1) is 32.9 Å². The third-order valence-electron chi connectivity index (χ3n) is 7.43. The molecule has 1 saturated heterocycles. The predicted molar refractivity (Wildman–Crippen MR) is 171 cm³/mol. The number of aliphatic hydroxyl groups is 1. The van der Waals surface area contributed by atoms with Gasteiger partial charge in [-0.3, -0.25) is 14.5 Å². The first kappa shape index (κ1) is 30.1.